The van der Waals surface area contributed by atoms with Crippen molar-refractivity contribution < 1.29 is 18.7 Å². The van der Waals surface area contributed by atoms with E-state index in [9.17, 15) is 14.0 Å². The van der Waals surface area contributed by atoms with Crippen LogP contribution in [0, 0.1) is 12.7 Å². The number of nitrogens with zero attached hydrogens (tertiary/aromatic N) is 1. The number of likely N-dealkylation sites (tertiary alicyclic amines) is 1. The first-order chi connectivity index (χ1) is 9.11. The monoisotopic (exact) mass is 265 g/mol. The van der Waals surface area contributed by atoms with E-state index < -0.39 is 11.8 Å². The topological polar surface area (TPSA) is 46.6 Å². The maximum Gasteiger partial charge on any atom is 0.341 e. The van der Waals surface area contributed by atoms with Crippen molar-refractivity contribution in [2.45, 2.75) is 25.9 Å². The predicted octanol–water partition coefficient (Wildman–Crippen LogP) is 1.91. The number of esters is 1. The number of carbonyl (C=O) groups is 2. The van der Waals surface area contributed by atoms with Gasteiger partial charge < -0.3 is 9.64 Å². The highest BCUT2D eigenvalue weighted by Gasteiger charge is 2.23. The first-order valence-electron chi connectivity index (χ1n) is 6.27. The molecule has 0 bridgehead atoms. The zero-order valence-electron chi connectivity index (χ0n) is 10.8. The summed E-state index contributed by atoms with van der Waals surface area (Å²) in [5, 5.41) is 0. The second-order valence-electron chi connectivity index (χ2n) is 4.68. The molecule has 0 unspecified atom stereocenters. The minimum absolute atomic E-state index is 0.0298. The third-order valence-electron chi connectivity index (χ3n) is 3.31. The Bertz CT molecular complexity index is 482. The normalized spacial score (nSPS) is 16.2. The molecule has 19 heavy (non-hydrogen) atoms. The molecular weight excluding hydrogens is 249 g/mol. The smallest absolute Gasteiger partial charge is 0.341 e. The summed E-state index contributed by atoms with van der Waals surface area (Å²) in [6.07, 6.45) is 1.73. The molecule has 0 atom stereocenters. The molecule has 0 radical (unpaired) electrons. The average molecular weight is 265 g/mol. The fraction of sp³-hybridized carbons (Fsp3) is 0.429. The molecule has 5 heteroatoms. The summed E-state index contributed by atoms with van der Waals surface area (Å²) in [5.74, 6) is -1.16. The quantitative estimate of drug-likeness (QED) is 0.619. The maximum absolute atomic E-state index is 13.8. The molecule has 1 amide bonds. The molecule has 1 aromatic carbocycles. The van der Waals surface area contributed by atoms with Gasteiger partial charge in [-0.3, -0.25) is 4.79 Å². The predicted molar refractivity (Wildman–Crippen MR) is 67.2 cm³/mol. The summed E-state index contributed by atoms with van der Waals surface area (Å²) in [7, 11) is 0. The van der Waals surface area contributed by atoms with Crippen molar-refractivity contribution >= 4 is 12.4 Å². The van der Waals surface area contributed by atoms with Crippen LogP contribution in [0.25, 0.3) is 0 Å². The van der Waals surface area contributed by atoms with Crippen LogP contribution in [0.4, 0.5) is 4.39 Å². The largest absolute Gasteiger partial charge is 0.459 e. The van der Waals surface area contributed by atoms with Gasteiger partial charge in [0.15, 0.2) is 0 Å². The maximum atomic E-state index is 13.8. The fourth-order valence-electron chi connectivity index (χ4n) is 2.12. The Hall–Kier alpha value is -1.91. The molecule has 4 nitrogen and oxygen atoms in total. The Morgan fingerprint density at radius 3 is 2.74 bits per heavy atom. The highest BCUT2D eigenvalue weighted by atomic mass is 19.1. The van der Waals surface area contributed by atoms with Crippen molar-refractivity contribution in [1.82, 2.24) is 4.90 Å². The van der Waals surface area contributed by atoms with Crippen LogP contribution >= 0.6 is 0 Å². The molecule has 102 valence electrons. The first kappa shape index (κ1) is 13.5. The van der Waals surface area contributed by atoms with Crippen molar-refractivity contribution in [2.24, 2.45) is 0 Å². The van der Waals surface area contributed by atoms with Gasteiger partial charge in [0.05, 0.1) is 5.56 Å². The van der Waals surface area contributed by atoms with E-state index in [1.165, 1.54) is 6.07 Å². The number of amides is 1. The van der Waals surface area contributed by atoms with Gasteiger partial charge in [0, 0.05) is 25.9 Å². The Kier molecular flexibility index (Phi) is 4.14. The van der Waals surface area contributed by atoms with Gasteiger partial charge in [0.25, 0.3) is 0 Å². The second-order valence-corrected chi connectivity index (χ2v) is 4.68. The van der Waals surface area contributed by atoms with E-state index in [0.717, 1.165) is 6.41 Å². The Morgan fingerprint density at radius 2 is 2.11 bits per heavy atom. The average Bonchev–Trinajstić information content (AvgIpc) is 2.42. The third kappa shape index (κ3) is 3.10. The van der Waals surface area contributed by atoms with Gasteiger partial charge in [-0.2, -0.15) is 0 Å². The third-order valence-corrected chi connectivity index (χ3v) is 3.31. The highest BCUT2D eigenvalue weighted by molar-refractivity contribution is 5.90. The van der Waals surface area contributed by atoms with E-state index >= 15 is 0 Å². The fourth-order valence-corrected chi connectivity index (χ4v) is 2.12. The van der Waals surface area contributed by atoms with Crippen molar-refractivity contribution in [2.75, 3.05) is 13.1 Å². The van der Waals surface area contributed by atoms with Crippen LogP contribution in [-0.2, 0) is 9.53 Å². The lowest BCUT2D eigenvalue weighted by Gasteiger charge is -2.28. The Labute approximate surface area is 111 Å². The number of hydrogen-bond acceptors (Lipinski definition) is 3. The van der Waals surface area contributed by atoms with E-state index in [1.54, 1.807) is 24.0 Å². The van der Waals surface area contributed by atoms with Gasteiger partial charge in [-0.25, -0.2) is 9.18 Å². The number of rotatable bonds is 3. The van der Waals surface area contributed by atoms with Crippen LogP contribution in [0.1, 0.15) is 28.8 Å². The number of halogens is 1. The van der Waals surface area contributed by atoms with Gasteiger partial charge in [0.1, 0.15) is 11.9 Å². The minimum atomic E-state index is -0.634. The Balaban J connectivity index is 1.98. The van der Waals surface area contributed by atoms with Crippen LogP contribution < -0.4 is 0 Å². The number of ether oxygens (including phenoxy) is 1. The van der Waals surface area contributed by atoms with E-state index in [1.807, 2.05) is 0 Å². The van der Waals surface area contributed by atoms with Gasteiger partial charge in [-0.05, 0) is 18.6 Å². The molecule has 1 aliphatic rings. The lowest BCUT2D eigenvalue weighted by molar-refractivity contribution is -0.120. The van der Waals surface area contributed by atoms with Crippen molar-refractivity contribution in [1.29, 1.82) is 0 Å². The molecule has 0 aliphatic carbocycles. The van der Waals surface area contributed by atoms with Gasteiger partial charge >= 0.3 is 5.97 Å². The van der Waals surface area contributed by atoms with E-state index in [4.69, 9.17) is 4.74 Å². The Morgan fingerprint density at radius 1 is 1.42 bits per heavy atom. The number of benzene rings is 1. The molecule has 2 rings (SSSR count). The first-order valence-corrected chi connectivity index (χ1v) is 6.27. The summed E-state index contributed by atoms with van der Waals surface area (Å²) in [6, 6.07) is 4.66. The second kappa shape index (κ2) is 5.82. The van der Waals surface area contributed by atoms with Crippen molar-refractivity contribution in [3.05, 3.63) is 35.1 Å². The SMILES string of the molecule is Cc1cccc(C(=O)OC2CCN(C=O)CC2)c1F. The van der Waals surface area contributed by atoms with Crippen LogP contribution in [0.15, 0.2) is 18.2 Å². The molecule has 1 saturated heterocycles. The molecule has 1 aliphatic heterocycles. The standard InChI is InChI=1S/C14H16FNO3/c1-10-3-2-4-12(13(10)15)14(18)19-11-5-7-16(9-17)8-6-11/h2-4,9,11H,5-8H2,1H3. The zero-order chi connectivity index (χ0) is 13.8. The lowest BCUT2D eigenvalue weighted by atomic mass is 10.1. The number of aryl methyl sites for hydroxylation is 1. The zero-order valence-corrected chi connectivity index (χ0v) is 10.8. The molecular formula is C14H16FNO3. The number of carbonyl (C=O) groups excluding carboxylic acids is 2. The van der Waals surface area contributed by atoms with Gasteiger partial charge in [0.2, 0.25) is 6.41 Å². The number of piperidine rings is 1. The number of hydrogen-bond donors (Lipinski definition) is 0. The van der Waals surface area contributed by atoms with Crippen LogP contribution in [0.3, 0.4) is 0 Å². The van der Waals surface area contributed by atoms with E-state index in [-0.39, 0.29) is 11.7 Å². The molecule has 1 aromatic rings. The van der Waals surface area contributed by atoms with E-state index in [0.29, 0.717) is 31.5 Å². The van der Waals surface area contributed by atoms with Gasteiger partial charge in [-0.15, -0.1) is 0 Å². The summed E-state index contributed by atoms with van der Waals surface area (Å²) < 4.78 is 19.1. The van der Waals surface area contributed by atoms with Gasteiger partial charge in [-0.1, -0.05) is 12.1 Å². The molecule has 1 fully saturated rings. The van der Waals surface area contributed by atoms with Crippen LogP contribution in [-0.4, -0.2) is 36.5 Å². The molecule has 0 saturated carbocycles. The van der Waals surface area contributed by atoms with Crippen LogP contribution in [0.2, 0.25) is 0 Å². The molecule has 1 heterocycles. The van der Waals surface area contributed by atoms with E-state index in [2.05, 4.69) is 0 Å². The summed E-state index contributed by atoms with van der Waals surface area (Å²) >= 11 is 0. The van der Waals surface area contributed by atoms with Crippen molar-refractivity contribution in [3.8, 4) is 0 Å². The summed E-state index contributed by atoms with van der Waals surface area (Å²) in [5.41, 5.74) is 0.392. The highest BCUT2D eigenvalue weighted by Crippen LogP contribution is 2.17. The lowest BCUT2D eigenvalue weighted by Crippen LogP contribution is -2.37. The molecule has 0 N–H and O–H groups in total. The van der Waals surface area contributed by atoms with Crippen LogP contribution in [0.5, 0.6) is 0 Å². The minimum Gasteiger partial charge on any atom is -0.459 e. The molecule has 0 spiro atoms. The summed E-state index contributed by atoms with van der Waals surface area (Å²) in [6.45, 7) is 2.74. The van der Waals surface area contributed by atoms with Crippen molar-refractivity contribution in [3.63, 3.8) is 0 Å². The summed E-state index contributed by atoms with van der Waals surface area (Å²) in [4.78, 5) is 24.1. The molecule has 0 aromatic heterocycles.